The van der Waals surface area contributed by atoms with Gasteiger partial charge >= 0.3 is 5.97 Å². The molecule has 0 unspecified atom stereocenters. The lowest BCUT2D eigenvalue weighted by Gasteiger charge is -2.22. The van der Waals surface area contributed by atoms with E-state index in [-0.39, 0.29) is 11.5 Å². The van der Waals surface area contributed by atoms with Crippen LogP contribution in [-0.2, 0) is 4.79 Å². The third-order valence-electron chi connectivity index (χ3n) is 4.31. The zero-order chi connectivity index (χ0) is 15.2. The van der Waals surface area contributed by atoms with Crippen molar-refractivity contribution in [1.82, 2.24) is 0 Å². The van der Waals surface area contributed by atoms with E-state index in [9.17, 15) is 14.7 Å². The molecule has 0 spiro atoms. The second kappa shape index (κ2) is 7.25. The number of rotatable bonds is 4. The summed E-state index contributed by atoms with van der Waals surface area (Å²) in [7, 11) is 1.67. The molecule has 0 aliphatic heterocycles. The van der Waals surface area contributed by atoms with Gasteiger partial charge in [-0.1, -0.05) is 37.8 Å². The number of carbonyl (C=O) groups is 2. The van der Waals surface area contributed by atoms with Crippen molar-refractivity contribution in [3.8, 4) is 0 Å². The van der Waals surface area contributed by atoms with Crippen molar-refractivity contribution in [2.45, 2.75) is 44.9 Å². The van der Waals surface area contributed by atoms with Gasteiger partial charge in [0, 0.05) is 13.5 Å². The van der Waals surface area contributed by atoms with Gasteiger partial charge in [-0.3, -0.25) is 4.79 Å². The van der Waals surface area contributed by atoms with E-state index in [1.54, 1.807) is 25.2 Å². The van der Waals surface area contributed by atoms with Crippen LogP contribution in [0.2, 0.25) is 0 Å². The van der Waals surface area contributed by atoms with E-state index in [4.69, 9.17) is 0 Å². The number of nitrogens with zero attached hydrogens (tertiary/aromatic N) is 1. The lowest BCUT2D eigenvalue weighted by molar-refractivity contribution is -0.119. The molecule has 0 atom stereocenters. The molecule has 4 nitrogen and oxygen atoms in total. The molecular weight excluding hydrogens is 266 g/mol. The van der Waals surface area contributed by atoms with Gasteiger partial charge in [0.1, 0.15) is 0 Å². The molecule has 0 aromatic heterocycles. The summed E-state index contributed by atoms with van der Waals surface area (Å²) in [5.41, 5.74) is 0.651. The van der Waals surface area contributed by atoms with E-state index in [1.807, 2.05) is 0 Å². The zero-order valence-electron chi connectivity index (χ0n) is 12.5. The van der Waals surface area contributed by atoms with Gasteiger partial charge in [0.2, 0.25) is 5.91 Å². The van der Waals surface area contributed by atoms with Gasteiger partial charge in [0.05, 0.1) is 11.3 Å². The highest BCUT2D eigenvalue weighted by molar-refractivity contribution is 6.01. The first-order valence-electron chi connectivity index (χ1n) is 7.68. The van der Waals surface area contributed by atoms with Crippen molar-refractivity contribution in [2.24, 2.45) is 5.92 Å². The molecule has 2 rings (SSSR count). The number of carbonyl (C=O) groups excluding carboxylic acids is 1. The summed E-state index contributed by atoms with van der Waals surface area (Å²) in [6, 6.07) is 6.66. The molecule has 0 bridgehead atoms. The van der Waals surface area contributed by atoms with Crippen molar-refractivity contribution in [2.75, 3.05) is 11.9 Å². The Balaban J connectivity index is 2.06. The third kappa shape index (κ3) is 4.06. The first kappa shape index (κ1) is 15.5. The molecule has 1 aromatic carbocycles. The molecular formula is C17H23NO3. The molecule has 21 heavy (non-hydrogen) atoms. The third-order valence-corrected chi connectivity index (χ3v) is 4.31. The first-order valence-corrected chi connectivity index (χ1v) is 7.68. The number of hydrogen-bond acceptors (Lipinski definition) is 2. The summed E-state index contributed by atoms with van der Waals surface area (Å²) in [5, 5.41) is 9.22. The van der Waals surface area contributed by atoms with Gasteiger partial charge < -0.3 is 10.0 Å². The molecule has 0 heterocycles. The maximum absolute atomic E-state index is 12.4. The Morgan fingerprint density at radius 2 is 1.76 bits per heavy atom. The molecule has 1 amide bonds. The van der Waals surface area contributed by atoms with Gasteiger partial charge in [-0.2, -0.15) is 0 Å². The quantitative estimate of drug-likeness (QED) is 0.860. The van der Waals surface area contributed by atoms with Gasteiger partial charge in [0.25, 0.3) is 0 Å². The Kier molecular flexibility index (Phi) is 5.37. The van der Waals surface area contributed by atoms with Crippen molar-refractivity contribution in [1.29, 1.82) is 0 Å². The van der Waals surface area contributed by atoms with E-state index in [0.29, 0.717) is 18.0 Å². The molecule has 1 fully saturated rings. The number of hydrogen-bond donors (Lipinski definition) is 1. The van der Waals surface area contributed by atoms with Crippen LogP contribution in [0.4, 0.5) is 5.69 Å². The van der Waals surface area contributed by atoms with Crippen LogP contribution in [0.1, 0.15) is 55.3 Å². The topological polar surface area (TPSA) is 57.6 Å². The minimum Gasteiger partial charge on any atom is -0.478 e. The summed E-state index contributed by atoms with van der Waals surface area (Å²) in [6.45, 7) is 0. The van der Waals surface area contributed by atoms with E-state index < -0.39 is 5.97 Å². The summed E-state index contributed by atoms with van der Waals surface area (Å²) < 4.78 is 0. The number of para-hydroxylation sites is 1. The van der Waals surface area contributed by atoms with Crippen molar-refractivity contribution in [3.05, 3.63) is 29.8 Å². The fraction of sp³-hybridized carbons (Fsp3) is 0.529. The van der Waals surface area contributed by atoms with Crippen LogP contribution in [0.3, 0.4) is 0 Å². The van der Waals surface area contributed by atoms with Crippen molar-refractivity contribution >= 4 is 17.6 Å². The van der Waals surface area contributed by atoms with Crippen LogP contribution in [-0.4, -0.2) is 24.0 Å². The molecule has 1 aromatic rings. The number of aromatic carboxylic acids is 1. The predicted octanol–water partition coefficient (Wildman–Crippen LogP) is 3.71. The maximum Gasteiger partial charge on any atom is 0.337 e. The Morgan fingerprint density at radius 3 is 2.38 bits per heavy atom. The molecule has 1 aliphatic rings. The first-order chi connectivity index (χ1) is 10.1. The average Bonchev–Trinajstić information content (AvgIpc) is 2.75. The van der Waals surface area contributed by atoms with Gasteiger partial charge in [0.15, 0.2) is 0 Å². The molecule has 0 saturated heterocycles. The van der Waals surface area contributed by atoms with Gasteiger partial charge in [-0.25, -0.2) is 4.79 Å². The highest BCUT2D eigenvalue weighted by atomic mass is 16.4. The van der Waals surface area contributed by atoms with Crippen LogP contribution < -0.4 is 4.90 Å². The lowest BCUT2D eigenvalue weighted by atomic mass is 9.96. The highest BCUT2D eigenvalue weighted by Crippen LogP contribution is 2.27. The van der Waals surface area contributed by atoms with E-state index in [0.717, 1.165) is 12.8 Å². The SMILES string of the molecule is CN(C(=O)CC1CCCCCC1)c1ccccc1C(=O)O. The Bertz CT molecular complexity index is 505. The normalized spacial score (nSPS) is 16.2. The molecule has 1 aliphatic carbocycles. The Morgan fingerprint density at radius 1 is 1.14 bits per heavy atom. The number of amides is 1. The molecule has 114 valence electrons. The smallest absolute Gasteiger partial charge is 0.337 e. The lowest BCUT2D eigenvalue weighted by Crippen LogP contribution is -2.29. The number of anilines is 1. The molecule has 0 radical (unpaired) electrons. The van der Waals surface area contributed by atoms with Crippen LogP contribution in [0, 0.1) is 5.92 Å². The second-order valence-corrected chi connectivity index (χ2v) is 5.84. The molecule has 4 heteroatoms. The van der Waals surface area contributed by atoms with Crippen molar-refractivity contribution < 1.29 is 14.7 Å². The minimum absolute atomic E-state index is 0.00981. The van der Waals surface area contributed by atoms with Crippen LogP contribution in [0.5, 0.6) is 0 Å². The van der Waals surface area contributed by atoms with E-state index in [2.05, 4.69) is 0 Å². The number of carboxylic acid groups (broad SMARTS) is 1. The Labute approximate surface area is 125 Å². The summed E-state index contributed by atoms with van der Waals surface area (Å²) in [5.74, 6) is -0.547. The Hall–Kier alpha value is -1.84. The predicted molar refractivity (Wildman–Crippen MR) is 82.6 cm³/mol. The van der Waals surface area contributed by atoms with Gasteiger partial charge in [-0.15, -0.1) is 0 Å². The van der Waals surface area contributed by atoms with E-state index in [1.165, 1.54) is 36.6 Å². The summed E-state index contributed by atoms with van der Waals surface area (Å²) in [6.07, 6.45) is 7.68. The maximum atomic E-state index is 12.4. The fourth-order valence-corrected chi connectivity index (χ4v) is 3.03. The fourth-order valence-electron chi connectivity index (χ4n) is 3.03. The average molecular weight is 289 g/mol. The molecule has 1 saturated carbocycles. The summed E-state index contributed by atoms with van der Waals surface area (Å²) in [4.78, 5) is 25.2. The van der Waals surface area contributed by atoms with Crippen LogP contribution in [0.25, 0.3) is 0 Å². The summed E-state index contributed by atoms with van der Waals surface area (Å²) >= 11 is 0. The standard InChI is InChI=1S/C17H23NO3/c1-18(15-11-7-6-10-14(15)17(20)21)16(19)12-13-8-4-2-3-5-9-13/h6-7,10-11,13H,2-5,8-9,12H2,1H3,(H,20,21). The zero-order valence-corrected chi connectivity index (χ0v) is 12.5. The number of carboxylic acids is 1. The monoisotopic (exact) mass is 289 g/mol. The molecule has 1 N–H and O–H groups in total. The second-order valence-electron chi connectivity index (χ2n) is 5.84. The largest absolute Gasteiger partial charge is 0.478 e. The van der Waals surface area contributed by atoms with Crippen LogP contribution >= 0.6 is 0 Å². The highest BCUT2D eigenvalue weighted by Gasteiger charge is 2.21. The minimum atomic E-state index is -1.00. The van der Waals surface area contributed by atoms with Crippen molar-refractivity contribution in [3.63, 3.8) is 0 Å². The van der Waals surface area contributed by atoms with Gasteiger partial charge in [-0.05, 0) is 30.9 Å². The number of benzene rings is 1. The van der Waals surface area contributed by atoms with E-state index >= 15 is 0 Å². The van der Waals surface area contributed by atoms with Crippen LogP contribution in [0.15, 0.2) is 24.3 Å².